The summed E-state index contributed by atoms with van der Waals surface area (Å²) in [5.41, 5.74) is -0.0910. The third-order valence-electron chi connectivity index (χ3n) is 3.15. The van der Waals surface area contributed by atoms with E-state index in [1.165, 1.54) is 6.07 Å². The Morgan fingerprint density at radius 2 is 2.22 bits per heavy atom. The molecule has 18 heavy (non-hydrogen) atoms. The molecule has 0 spiro atoms. The van der Waals surface area contributed by atoms with Crippen molar-refractivity contribution in [3.63, 3.8) is 0 Å². The summed E-state index contributed by atoms with van der Waals surface area (Å²) in [5, 5.41) is 3.51. The van der Waals surface area contributed by atoms with Crippen molar-refractivity contribution in [2.45, 2.75) is 25.9 Å². The van der Waals surface area contributed by atoms with E-state index in [9.17, 15) is 9.18 Å². The Kier molecular flexibility index (Phi) is 3.59. The molecule has 3 nitrogen and oxygen atoms in total. The van der Waals surface area contributed by atoms with Crippen molar-refractivity contribution < 1.29 is 9.18 Å². The molecule has 0 aliphatic carbocycles. The standard InChI is InChI=1S/C13H16ClFN2O/c1-13(2)12(18)17(6-5-16-13)8-9-3-4-10(14)7-11(9)15/h3-4,7,16H,5-6,8H2,1-2H3. The van der Waals surface area contributed by atoms with Gasteiger partial charge in [-0.15, -0.1) is 0 Å². The molecule has 0 bridgehead atoms. The number of halogens is 2. The smallest absolute Gasteiger partial charge is 0.242 e. The lowest BCUT2D eigenvalue weighted by Gasteiger charge is -2.38. The molecular weight excluding hydrogens is 255 g/mol. The van der Waals surface area contributed by atoms with Gasteiger partial charge in [0.2, 0.25) is 5.91 Å². The van der Waals surface area contributed by atoms with Crippen LogP contribution in [0.1, 0.15) is 19.4 Å². The summed E-state index contributed by atoms with van der Waals surface area (Å²) < 4.78 is 13.7. The zero-order chi connectivity index (χ0) is 13.3. The molecule has 0 radical (unpaired) electrons. The van der Waals surface area contributed by atoms with Crippen molar-refractivity contribution in [2.24, 2.45) is 0 Å². The van der Waals surface area contributed by atoms with Gasteiger partial charge in [-0.2, -0.15) is 0 Å². The van der Waals surface area contributed by atoms with Gasteiger partial charge in [0, 0.05) is 30.2 Å². The van der Waals surface area contributed by atoms with Crippen LogP contribution in [-0.4, -0.2) is 29.4 Å². The average Bonchev–Trinajstić information content (AvgIpc) is 2.28. The van der Waals surface area contributed by atoms with Crippen LogP contribution in [0.5, 0.6) is 0 Å². The minimum Gasteiger partial charge on any atom is -0.335 e. The molecule has 1 heterocycles. The second kappa shape index (κ2) is 4.86. The first-order chi connectivity index (χ1) is 8.40. The molecule has 1 aliphatic rings. The van der Waals surface area contributed by atoms with Gasteiger partial charge >= 0.3 is 0 Å². The fourth-order valence-electron chi connectivity index (χ4n) is 2.08. The van der Waals surface area contributed by atoms with Crippen LogP contribution in [-0.2, 0) is 11.3 Å². The Balaban J connectivity index is 2.16. The molecule has 1 fully saturated rings. The van der Waals surface area contributed by atoms with Crippen LogP contribution in [0.3, 0.4) is 0 Å². The molecule has 0 unspecified atom stereocenters. The van der Waals surface area contributed by atoms with E-state index in [2.05, 4.69) is 5.32 Å². The van der Waals surface area contributed by atoms with E-state index in [0.29, 0.717) is 23.7 Å². The molecule has 1 amide bonds. The molecule has 1 aromatic carbocycles. The Hall–Kier alpha value is -1.13. The molecule has 98 valence electrons. The van der Waals surface area contributed by atoms with Gasteiger partial charge in [-0.05, 0) is 26.0 Å². The van der Waals surface area contributed by atoms with Crippen LogP contribution in [0.15, 0.2) is 18.2 Å². The van der Waals surface area contributed by atoms with Gasteiger partial charge in [-0.25, -0.2) is 4.39 Å². The summed E-state index contributed by atoms with van der Waals surface area (Å²) in [6.45, 7) is 5.25. The van der Waals surface area contributed by atoms with Crippen molar-refractivity contribution in [1.82, 2.24) is 10.2 Å². The number of nitrogens with one attached hydrogen (secondary N) is 1. The lowest BCUT2D eigenvalue weighted by molar-refractivity contribution is -0.140. The van der Waals surface area contributed by atoms with Gasteiger partial charge < -0.3 is 10.2 Å². The summed E-state index contributed by atoms with van der Waals surface area (Å²) in [6, 6.07) is 4.53. The van der Waals surface area contributed by atoms with E-state index < -0.39 is 5.54 Å². The zero-order valence-corrected chi connectivity index (χ0v) is 11.2. The Labute approximate surface area is 111 Å². The summed E-state index contributed by atoms with van der Waals surface area (Å²) in [5.74, 6) is -0.380. The monoisotopic (exact) mass is 270 g/mol. The van der Waals surface area contributed by atoms with Crippen LogP contribution in [0.2, 0.25) is 5.02 Å². The van der Waals surface area contributed by atoms with Gasteiger partial charge in [-0.1, -0.05) is 17.7 Å². The second-order valence-electron chi connectivity index (χ2n) is 5.01. The van der Waals surface area contributed by atoms with Crippen molar-refractivity contribution >= 4 is 17.5 Å². The molecular formula is C13H16ClFN2O. The van der Waals surface area contributed by atoms with Gasteiger partial charge in [0.25, 0.3) is 0 Å². The number of hydrogen-bond acceptors (Lipinski definition) is 2. The SMILES string of the molecule is CC1(C)NCCN(Cc2ccc(Cl)cc2F)C1=O. The Morgan fingerprint density at radius 1 is 1.50 bits per heavy atom. The maximum Gasteiger partial charge on any atom is 0.242 e. The summed E-state index contributed by atoms with van der Waals surface area (Å²) >= 11 is 5.70. The highest BCUT2D eigenvalue weighted by Gasteiger charge is 2.35. The predicted molar refractivity (Wildman–Crippen MR) is 68.9 cm³/mol. The minimum atomic E-state index is -0.582. The molecule has 0 saturated carbocycles. The predicted octanol–water partition coefficient (Wildman–Crippen LogP) is 2.19. The third kappa shape index (κ3) is 2.65. The van der Waals surface area contributed by atoms with Crippen molar-refractivity contribution in [3.8, 4) is 0 Å². The highest BCUT2D eigenvalue weighted by molar-refractivity contribution is 6.30. The molecule has 1 saturated heterocycles. The fraction of sp³-hybridized carbons (Fsp3) is 0.462. The zero-order valence-electron chi connectivity index (χ0n) is 10.5. The van der Waals surface area contributed by atoms with Gasteiger partial charge in [0.15, 0.2) is 0 Å². The molecule has 2 rings (SSSR count). The van der Waals surface area contributed by atoms with E-state index in [1.807, 2.05) is 13.8 Å². The summed E-state index contributed by atoms with van der Waals surface area (Å²) in [7, 11) is 0. The molecule has 5 heteroatoms. The van der Waals surface area contributed by atoms with Crippen LogP contribution >= 0.6 is 11.6 Å². The fourth-order valence-corrected chi connectivity index (χ4v) is 2.24. The molecule has 1 N–H and O–H groups in total. The molecule has 0 atom stereocenters. The number of nitrogens with zero attached hydrogens (tertiary/aromatic N) is 1. The van der Waals surface area contributed by atoms with Crippen LogP contribution in [0.25, 0.3) is 0 Å². The van der Waals surface area contributed by atoms with Gasteiger partial charge in [0.1, 0.15) is 5.82 Å². The average molecular weight is 271 g/mol. The van der Waals surface area contributed by atoms with Gasteiger partial charge in [-0.3, -0.25) is 4.79 Å². The summed E-state index contributed by atoms with van der Waals surface area (Å²) in [4.78, 5) is 13.8. The van der Waals surface area contributed by atoms with E-state index >= 15 is 0 Å². The lowest BCUT2D eigenvalue weighted by Crippen LogP contribution is -2.60. The highest BCUT2D eigenvalue weighted by Crippen LogP contribution is 2.19. The van der Waals surface area contributed by atoms with Crippen LogP contribution in [0, 0.1) is 5.82 Å². The van der Waals surface area contributed by atoms with Crippen molar-refractivity contribution in [1.29, 1.82) is 0 Å². The number of rotatable bonds is 2. The number of hydrogen-bond donors (Lipinski definition) is 1. The Bertz CT molecular complexity index is 476. The van der Waals surface area contributed by atoms with Crippen LogP contribution < -0.4 is 5.32 Å². The topological polar surface area (TPSA) is 32.3 Å². The van der Waals surface area contributed by atoms with Crippen molar-refractivity contribution in [3.05, 3.63) is 34.6 Å². The molecule has 0 aromatic heterocycles. The first kappa shape index (κ1) is 13.3. The number of carbonyl (C=O) groups is 1. The Morgan fingerprint density at radius 3 is 2.89 bits per heavy atom. The first-order valence-corrected chi connectivity index (χ1v) is 6.26. The van der Waals surface area contributed by atoms with E-state index in [1.54, 1.807) is 17.0 Å². The third-order valence-corrected chi connectivity index (χ3v) is 3.38. The highest BCUT2D eigenvalue weighted by atomic mass is 35.5. The van der Waals surface area contributed by atoms with E-state index in [-0.39, 0.29) is 18.3 Å². The maximum absolute atomic E-state index is 13.7. The minimum absolute atomic E-state index is 0.0110. The maximum atomic E-state index is 13.7. The number of carbonyl (C=O) groups excluding carboxylic acids is 1. The largest absolute Gasteiger partial charge is 0.335 e. The van der Waals surface area contributed by atoms with E-state index in [0.717, 1.165) is 0 Å². The quantitative estimate of drug-likeness (QED) is 0.893. The van der Waals surface area contributed by atoms with E-state index in [4.69, 9.17) is 11.6 Å². The molecule has 1 aliphatic heterocycles. The first-order valence-electron chi connectivity index (χ1n) is 5.88. The second-order valence-corrected chi connectivity index (χ2v) is 5.45. The van der Waals surface area contributed by atoms with Crippen LogP contribution in [0.4, 0.5) is 4.39 Å². The summed E-state index contributed by atoms with van der Waals surface area (Å²) in [6.07, 6.45) is 0. The van der Waals surface area contributed by atoms with Gasteiger partial charge in [0.05, 0.1) is 5.54 Å². The normalized spacial score (nSPS) is 19.1. The van der Waals surface area contributed by atoms with Crippen molar-refractivity contribution in [2.75, 3.05) is 13.1 Å². The lowest BCUT2D eigenvalue weighted by atomic mass is 10.0. The number of amides is 1. The number of benzene rings is 1. The number of piperazine rings is 1. The molecule has 1 aromatic rings.